The van der Waals surface area contributed by atoms with Gasteiger partial charge in [-0.3, -0.25) is 4.79 Å². The number of imidazole rings is 1. The predicted octanol–water partition coefficient (Wildman–Crippen LogP) is 5.60. The number of hydrogen-bond donors (Lipinski definition) is 0. The standard InChI is InChI=1S/C25H24FN3OS/c1-17-8-9-18(2)19(14-17)15-29-23-7-5-4-6-22(23)27-25(29)31-16-24(30)28(3)21-12-10-20(26)11-13-21/h4-14H,15-16H2,1-3H3. The van der Waals surface area contributed by atoms with Gasteiger partial charge in [-0.05, 0) is 61.4 Å². The molecule has 1 amide bonds. The Morgan fingerprint density at radius 2 is 1.81 bits per heavy atom. The molecule has 0 saturated carbocycles. The van der Waals surface area contributed by atoms with Crippen molar-refractivity contribution < 1.29 is 9.18 Å². The number of rotatable bonds is 6. The van der Waals surface area contributed by atoms with Crippen LogP contribution in [0.5, 0.6) is 0 Å². The van der Waals surface area contributed by atoms with E-state index in [2.05, 4.69) is 42.7 Å². The number of hydrogen-bond acceptors (Lipinski definition) is 3. The summed E-state index contributed by atoms with van der Waals surface area (Å²) in [5.74, 6) is -0.148. The zero-order valence-electron chi connectivity index (χ0n) is 17.8. The topological polar surface area (TPSA) is 38.1 Å². The fraction of sp³-hybridized carbons (Fsp3) is 0.200. The van der Waals surface area contributed by atoms with Crippen LogP contribution in [-0.4, -0.2) is 28.3 Å². The third-order valence-electron chi connectivity index (χ3n) is 5.37. The third kappa shape index (κ3) is 4.64. The molecule has 0 saturated heterocycles. The average molecular weight is 434 g/mol. The van der Waals surface area contributed by atoms with Gasteiger partial charge in [0.2, 0.25) is 5.91 Å². The average Bonchev–Trinajstić information content (AvgIpc) is 3.12. The Bertz CT molecular complexity index is 1230. The number of thioether (sulfide) groups is 1. The van der Waals surface area contributed by atoms with Crippen molar-refractivity contribution in [3.63, 3.8) is 0 Å². The van der Waals surface area contributed by atoms with Crippen molar-refractivity contribution in [1.29, 1.82) is 0 Å². The van der Waals surface area contributed by atoms with Crippen molar-refractivity contribution >= 4 is 34.4 Å². The van der Waals surface area contributed by atoms with Crippen LogP contribution < -0.4 is 4.90 Å². The summed E-state index contributed by atoms with van der Waals surface area (Å²) in [5.41, 5.74) is 6.30. The maximum absolute atomic E-state index is 13.2. The molecule has 0 bridgehead atoms. The highest BCUT2D eigenvalue weighted by Crippen LogP contribution is 2.27. The molecule has 0 unspecified atom stereocenters. The molecule has 1 heterocycles. The van der Waals surface area contributed by atoms with Crippen LogP contribution in [0.2, 0.25) is 0 Å². The fourth-order valence-electron chi connectivity index (χ4n) is 3.49. The normalized spacial score (nSPS) is 11.1. The van der Waals surface area contributed by atoms with E-state index < -0.39 is 0 Å². The molecular formula is C25H24FN3OS. The van der Waals surface area contributed by atoms with Crippen molar-refractivity contribution in [3.8, 4) is 0 Å². The van der Waals surface area contributed by atoms with Crippen molar-refractivity contribution in [3.05, 3.63) is 89.2 Å². The van der Waals surface area contributed by atoms with Crippen molar-refractivity contribution in [2.45, 2.75) is 25.5 Å². The molecule has 4 nitrogen and oxygen atoms in total. The van der Waals surface area contributed by atoms with E-state index in [9.17, 15) is 9.18 Å². The lowest BCUT2D eigenvalue weighted by molar-refractivity contribution is -0.115. The Morgan fingerprint density at radius 1 is 1.06 bits per heavy atom. The summed E-state index contributed by atoms with van der Waals surface area (Å²) in [6, 6.07) is 20.4. The smallest absolute Gasteiger partial charge is 0.237 e. The number of nitrogens with zero attached hydrogens (tertiary/aromatic N) is 3. The van der Waals surface area contributed by atoms with Gasteiger partial charge in [-0.25, -0.2) is 9.37 Å². The molecule has 0 aliphatic heterocycles. The maximum Gasteiger partial charge on any atom is 0.237 e. The highest BCUT2D eigenvalue weighted by molar-refractivity contribution is 7.99. The molecule has 31 heavy (non-hydrogen) atoms. The first kappa shape index (κ1) is 21.1. The Hall–Kier alpha value is -3.12. The first-order valence-corrected chi connectivity index (χ1v) is 11.1. The zero-order chi connectivity index (χ0) is 22.0. The quantitative estimate of drug-likeness (QED) is 0.372. The van der Waals surface area contributed by atoms with Crippen LogP contribution in [0.15, 0.2) is 71.9 Å². The van der Waals surface area contributed by atoms with E-state index in [4.69, 9.17) is 4.98 Å². The lowest BCUT2D eigenvalue weighted by atomic mass is 10.1. The summed E-state index contributed by atoms with van der Waals surface area (Å²) in [4.78, 5) is 19.1. The maximum atomic E-state index is 13.2. The molecule has 4 rings (SSSR count). The monoisotopic (exact) mass is 433 g/mol. The number of anilines is 1. The van der Waals surface area contributed by atoms with Gasteiger partial charge in [0.15, 0.2) is 5.16 Å². The largest absolute Gasteiger partial charge is 0.315 e. The minimum Gasteiger partial charge on any atom is -0.315 e. The van der Waals surface area contributed by atoms with E-state index in [0.717, 1.165) is 16.2 Å². The summed E-state index contributed by atoms with van der Waals surface area (Å²) in [5, 5.41) is 0.808. The second kappa shape index (κ2) is 8.94. The molecule has 6 heteroatoms. The van der Waals surface area contributed by atoms with Crippen LogP contribution in [0.4, 0.5) is 10.1 Å². The van der Waals surface area contributed by atoms with Crippen LogP contribution in [0.25, 0.3) is 11.0 Å². The SMILES string of the molecule is Cc1ccc(C)c(Cn2c(SCC(=O)N(C)c3ccc(F)cc3)nc3ccccc32)c1. The third-order valence-corrected chi connectivity index (χ3v) is 6.33. The minimum absolute atomic E-state index is 0.0676. The molecular weight excluding hydrogens is 409 g/mol. The van der Waals surface area contributed by atoms with Gasteiger partial charge in [-0.2, -0.15) is 0 Å². The molecule has 0 aliphatic rings. The Balaban J connectivity index is 1.58. The molecule has 4 aromatic rings. The first-order chi connectivity index (χ1) is 14.9. The summed E-state index contributed by atoms with van der Waals surface area (Å²) >= 11 is 1.42. The van der Waals surface area contributed by atoms with Gasteiger partial charge >= 0.3 is 0 Å². The Kier molecular flexibility index (Phi) is 6.09. The van der Waals surface area contributed by atoms with Gasteiger partial charge in [-0.1, -0.05) is 47.7 Å². The fourth-order valence-corrected chi connectivity index (χ4v) is 4.42. The van der Waals surface area contributed by atoms with Crippen LogP contribution >= 0.6 is 11.8 Å². The number of fused-ring (bicyclic) bond motifs is 1. The van der Waals surface area contributed by atoms with Gasteiger partial charge in [-0.15, -0.1) is 0 Å². The summed E-state index contributed by atoms with van der Waals surface area (Å²) in [7, 11) is 1.70. The first-order valence-electron chi connectivity index (χ1n) is 10.1. The van der Waals surface area contributed by atoms with Gasteiger partial charge in [0.25, 0.3) is 0 Å². The van der Waals surface area contributed by atoms with E-state index in [0.29, 0.717) is 12.2 Å². The second-order valence-electron chi connectivity index (χ2n) is 7.62. The summed E-state index contributed by atoms with van der Waals surface area (Å²) in [6.07, 6.45) is 0. The van der Waals surface area contributed by atoms with E-state index >= 15 is 0 Å². The molecule has 1 aromatic heterocycles. The van der Waals surface area contributed by atoms with Crippen LogP contribution in [-0.2, 0) is 11.3 Å². The Morgan fingerprint density at radius 3 is 2.58 bits per heavy atom. The molecule has 0 atom stereocenters. The van der Waals surface area contributed by atoms with Gasteiger partial charge in [0.1, 0.15) is 5.82 Å². The van der Waals surface area contributed by atoms with Crippen molar-refractivity contribution in [2.24, 2.45) is 0 Å². The van der Waals surface area contributed by atoms with E-state index in [-0.39, 0.29) is 17.5 Å². The van der Waals surface area contributed by atoms with Crippen LogP contribution in [0, 0.1) is 19.7 Å². The van der Waals surface area contributed by atoms with Gasteiger partial charge < -0.3 is 9.47 Å². The highest BCUT2D eigenvalue weighted by Gasteiger charge is 2.17. The second-order valence-corrected chi connectivity index (χ2v) is 8.56. The number of para-hydroxylation sites is 2. The number of aromatic nitrogens is 2. The molecule has 0 fully saturated rings. The number of amides is 1. The van der Waals surface area contributed by atoms with E-state index in [1.807, 2.05) is 18.2 Å². The predicted molar refractivity (Wildman–Crippen MR) is 125 cm³/mol. The lowest BCUT2D eigenvalue weighted by Gasteiger charge is -2.17. The zero-order valence-corrected chi connectivity index (χ0v) is 18.6. The van der Waals surface area contributed by atoms with Gasteiger partial charge in [0.05, 0.1) is 23.3 Å². The molecule has 0 spiro atoms. The number of halogens is 1. The van der Waals surface area contributed by atoms with Crippen molar-refractivity contribution in [1.82, 2.24) is 9.55 Å². The molecule has 0 N–H and O–H groups in total. The van der Waals surface area contributed by atoms with Crippen LogP contribution in [0.3, 0.4) is 0 Å². The molecule has 158 valence electrons. The number of benzene rings is 3. The number of carbonyl (C=O) groups is 1. The minimum atomic E-state index is -0.320. The molecule has 0 radical (unpaired) electrons. The molecule has 0 aliphatic carbocycles. The van der Waals surface area contributed by atoms with E-state index in [1.165, 1.54) is 40.6 Å². The number of carbonyl (C=O) groups excluding carboxylic acids is 1. The molecule has 3 aromatic carbocycles. The Labute approximate surface area is 185 Å². The highest BCUT2D eigenvalue weighted by atomic mass is 32.2. The summed E-state index contributed by atoms with van der Waals surface area (Å²) < 4.78 is 15.4. The summed E-state index contributed by atoms with van der Waals surface area (Å²) in [6.45, 7) is 4.90. The lowest BCUT2D eigenvalue weighted by Crippen LogP contribution is -2.28. The van der Waals surface area contributed by atoms with Crippen LogP contribution in [0.1, 0.15) is 16.7 Å². The van der Waals surface area contributed by atoms with Crippen molar-refractivity contribution in [2.75, 3.05) is 17.7 Å². The number of aryl methyl sites for hydroxylation is 2. The van der Waals surface area contributed by atoms with E-state index in [1.54, 1.807) is 24.1 Å². The van der Waals surface area contributed by atoms with Gasteiger partial charge in [0, 0.05) is 12.7 Å².